The highest BCUT2D eigenvalue weighted by atomic mass is 16.7. The van der Waals surface area contributed by atoms with Gasteiger partial charge >= 0.3 is 5.97 Å². The number of aliphatic hydroxyl groups excluding tert-OH is 7. The molecule has 2 aliphatic heterocycles. The summed E-state index contributed by atoms with van der Waals surface area (Å²) in [4.78, 5) is 12.9. The number of hydrogen-bond donors (Lipinski definition) is 7. The van der Waals surface area contributed by atoms with E-state index in [0.29, 0.717) is 13.0 Å². The third kappa shape index (κ3) is 24.5. The SMILES string of the molecule is CCCCCCC/C=C\C/C=C\C/C=C\CCCCCCCCC(=O)OC(COCCCCCCCCC)COC1OC(COC2OC(CO)C(O)C(O)C2O)C(O)C(O)C1O. The maximum atomic E-state index is 12.9. The van der Waals surface area contributed by atoms with Crippen LogP contribution in [0.3, 0.4) is 0 Å². The van der Waals surface area contributed by atoms with E-state index < -0.39 is 86.7 Å². The normalized spacial score (nSPS) is 27.5. The first-order valence-corrected chi connectivity index (χ1v) is 24.1. The number of hydrogen-bond acceptors (Lipinski definition) is 14. The standard InChI is InChI=1S/C48H86O14/c1-3-5-7-9-11-12-13-14-15-16-17-18-19-20-21-22-23-24-25-27-29-31-40(50)60-37(34-57-32-30-28-26-10-8-6-4-2)35-58-47-46(56)44(54)42(52)39(62-47)36-59-48-45(55)43(53)41(51)38(33-49)61-48/h13-14,16-17,19-20,37-39,41-49,51-56H,3-12,15,18,21-36H2,1-2H3/b14-13-,17-16-,20-19-. The average Bonchev–Trinajstić information content (AvgIpc) is 3.27. The molecule has 0 aromatic carbocycles. The minimum Gasteiger partial charge on any atom is -0.457 e. The minimum absolute atomic E-state index is 0.0562. The van der Waals surface area contributed by atoms with Crippen molar-refractivity contribution in [2.24, 2.45) is 0 Å². The molecule has 0 bridgehead atoms. The lowest BCUT2D eigenvalue weighted by Crippen LogP contribution is -2.61. The molecule has 11 atom stereocenters. The molecule has 2 heterocycles. The maximum Gasteiger partial charge on any atom is 0.306 e. The molecule has 14 heteroatoms. The fraction of sp³-hybridized carbons (Fsp3) is 0.854. The molecule has 0 radical (unpaired) electrons. The van der Waals surface area contributed by atoms with Crippen molar-refractivity contribution in [2.45, 2.75) is 229 Å². The fourth-order valence-electron chi connectivity index (χ4n) is 7.41. The van der Waals surface area contributed by atoms with Gasteiger partial charge in [0.25, 0.3) is 0 Å². The predicted octanol–water partition coefficient (Wildman–Crippen LogP) is 6.24. The van der Waals surface area contributed by atoms with Crippen LogP contribution in [0.2, 0.25) is 0 Å². The third-order valence-electron chi connectivity index (χ3n) is 11.4. The van der Waals surface area contributed by atoms with Gasteiger partial charge < -0.3 is 64.2 Å². The van der Waals surface area contributed by atoms with Crippen molar-refractivity contribution in [3.05, 3.63) is 36.5 Å². The second-order valence-corrected chi connectivity index (χ2v) is 16.9. The Morgan fingerprint density at radius 2 is 1.00 bits per heavy atom. The van der Waals surface area contributed by atoms with Crippen LogP contribution in [0.5, 0.6) is 0 Å². The first-order chi connectivity index (χ1) is 30.1. The predicted molar refractivity (Wildman–Crippen MR) is 238 cm³/mol. The van der Waals surface area contributed by atoms with Gasteiger partial charge in [0.1, 0.15) is 54.9 Å². The van der Waals surface area contributed by atoms with Crippen molar-refractivity contribution in [1.29, 1.82) is 0 Å². The Balaban J connectivity index is 1.73. The van der Waals surface area contributed by atoms with Gasteiger partial charge in [-0.25, -0.2) is 0 Å². The van der Waals surface area contributed by atoms with E-state index in [1.54, 1.807) is 0 Å². The Morgan fingerprint density at radius 3 is 1.56 bits per heavy atom. The maximum absolute atomic E-state index is 12.9. The van der Waals surface area contributed by atoms with Gasteiger partial charge in [-0.3, -0.25) is 4.79 Å². The summed E-state index contributed by atoms with van der Waals surface area (Å²) in [5.74, 6) is -0.391. The molecule has 0 aromatic rings. The molecule has 62 heavy (non-hydrogen) atoms. The van der Waals surface area contributed by atoms with Crippen molar-refractivity contribution >= 4 is 5.97 Å². The second-order valence-electron chi connectivity index (χ2n) is 16.9. The Morgan fingerprint density at radius 1 is 0.532 bits per heavy atom. The molecule has 362 valence electrons. The van der Waals surface area contributed by atoms with Gasteiger partial charge in [-0.2, -0.15) is 0 Å². The highest BCUT2D eigenvalue weighted by Gasteiger charge is 2.47. The number of rotatable bonds is 37. The van der Waals surface area contributed by atoms with Crippen LogP contribution < -0.4 is 0 Å². The van der Waals surface area contributed by atoms with Gasteiger partial charge in [-0.15, -0.1) is 0 Å². The highest BCUT2D eigenvalue weighted by Crippen LogP contribution is 2.26. The Bertz CT molecular complexity index is 1170. The van der Waals surface area contributed by atoms with E-state index in [9.17, 15) is 40.5 Å². The Labute approximate surface area is 372 Å². The number of unbranched alkanes of at least 4 members (excludes halogenated alkanes) is 17. The molecule has 14 nitrogen and oxygen atoms in total. The van der Waals surface area contributed by atoms with Crippen LogP contribution in [0.25, 0.3) is 0 Å². The van der Waals surface area contributed by atoms with Crippen LogP contribution in [-0.4, -0.2) is 142 Å². The number of aliphatic hydroxyl groups is 7. The van der Waals surface area contributed by atoms with Crippen LogP contribution in [0.4, 0.5) is 0 Å². The van der Waals surface area contributed by atoms with Gasteiger partial charge in [0, 0.05) is 13.0 Å². The first-order valence-electron chi connectivity index (χ1n) is 24.1. The zero-order chi connectivity index (χ0) is 45.2. The lowest BCUT2D eigenvalue weighted by atomic mass is 9.98. The zero-order valence-corrected chi connectivity index (χ0v) is 38.1. The van der Waals surface area contributed by atoms with Crippen molar-refractivity contribution in [2.75, 3.05) is 33.0 Å². The quantitative estimate of drug-likeness (QED) is 0.0209. The van der Waals surface area contributed by atoms with Gasteiger partial charge in [0.05, 0.1) is 26.4 Å². The van der Waals surface area contributed by atoms with Crippen molar-refractivity contribution < 1.29 is 69.0 Å². The first kappa shape index (κ1) is 56.3. The summed E-state index contributed by atoms with van der Waals surface area (Å²) >= 11 is 0. The lowest BCUT2D eigenvalue weighted by molar-refractivity contribution is -0.332. The molecule has 2 rings (SSSR count). The number of esters is 1. The van der Waals surface area contributed by atoms with E-state index in [1.165, 1.54) is 64.2 Å². The van der Waals surface area contributed by atoms with Crippen LogP contribution in [0.15, 0.2) is 36.5 Å². The number of carbonyl (C=O) groups excluding carboxylic acids is 1. The number of carbonyl (C=O) groups is 1. The van der Waals surface area contributed by atoms with Crippen LogP contribution in [-0.2, 0) is 33.2 Å². The monoisotopic (exact) mass is 887 g/mol. The zero-order valence-electron chi connectivity index (χ0n) is 38.1. The molecule has 7 N–H and O–H groups in total. The van der Waals surface area contributed by atoms with Crippen molar-refractivity contribution in [3.8, 4) is 0 Å². The summed E-state index contributed by atoms with van der Waals surface area (Å²) in [5.41, 5.74) is 0. The molecular formula is C48H86O14. The Kier molecular flexibility index (Phi) is 33.1. The molecule has 0 saturated carbocycles. The summed E-state index contributed by atoms with van der Waals surface area (Å²) in [6.07, 6.45) is 22.3. The molecule has 0 aromatic heterocycles. The van der Waals surface area contributed by atoms with E-state index in [0.717, 1.165) is 70.6 Å². The summed E-state index contributed by atoms with van der Waals surface area (Å²) in [6.45, 7) is 3.61. The van der Waals surface area contributed by atoms with Gasteiger partial charge in [-0.1, -0.05) is 140 Å². The van der Waals surface area contributed by atoms with Crippen LogP contribution >= 0.6 is 0 Å². The minimum atomic E-state index is -1.71. The summed E-state index contributed by atoms with van der Waals surface area (Å²) in [7, 11) is 0. The van der Waals surface area contributed by atoms with Gasteiger partial charge in [0.2, 0.25) is 0 Å². The largest absolute Gasteiger partial charge is 0.457 e. The lowest BCUT2D eigenvalue weighted by Gasteiger charge is -2.42. The topological polar surface area (TPSA) is 214 Å². The molecule has 2 fully saturated rings. The van der Waals surface area contributed by atoms with Gasteiger partial charge in [0.15, 0.2) is 12.6 Å². The number of allylic oxidation sites excluding steroid dienone is 6. The number of ether oxygens (including phenoxy) is 6. The van der Waals surface area contributed by atoms with Crippen molar-refractivity contribution in [1.82, 2.24) is 0 Å². The van der Waals surface area contributed by atoms with E-state index in [-0.39, 0.29) is 19.6 Å². The van der Waals surface area contributed by atoms with E-state index in [2.05, 4.69) is 50.3 Å². The van der Waals surface area contributed by atoms with E-state index in [4.69, 9.17) is 28.4 Å². The van der Waals surface area contributed by atoms with Gasteiger partial charge in [-0.05, 0) is 51.4 Å². The Hall–Kier alpha value is -1.79. The van der Waals surface area contributed by atoms with Crippen LogP contribution in [0, 0.1) is 0 Å². The van der Waals surface area contributed by atoms with Crippen LogP contribution in [0.1, 0.15) is 162 Å². The van der Waals surface area contributed by atoms with E-state index >= 15 is 0 Å². The smallest absolute Gasteiger partial charge is 0.306 e. The van der Waals surface area contributed by atoms with E-state index in [1.807, 2.05) is 0 Å². The third-order valence-corrected chi connectivity index (χ3v) is 11.4. The fourth-order valence-corrected chi connectivity index (χ4v) is 7.41. The molecule has 2 aliphatic rings. The molecule has 0 aliphatic carbocycles. The molecule has 0 spiro atoms. The summed E-state index contributed by atoms with van der Waals surface area (Å²) in [6, 6.07) is 0. The highest BCUT2D eigenvalue weighted by molar-refractivity contribution is 5.69. The molecule has 11 unspecified atom stereocenters. The second kappa shape index (κ2) is 36.4. The molecule has 2 saturated heterocycles. The average molecular weight is 887 g/mol. The van der Waals surface area contributed by atoms with Crippen molar-refractivity contribution in [3.63, 3.8) is 0 Å². The molecular weight excluding hydrogens is 801 g/mol. The molecule has 0 amide bonds. The summed E-state index contributed by atoms with van der Waals surface area (Å²) < 4.78 is 34.1. The summed E-state index contributed by atoms with van der Waals surface area (Å²) in [5, 5.41) is 71.8.